The maximum Gasteiger partial charge on any atom is 0.335 e. The summed E-state index contributed by atoms with van der Waals surface area (Å²) < 4.78 is 10.5. The van der Waals surface area contributed by atoms with Gasteiger partial charge in [0.1, 0.15) is 11.6 Å². The second kappa shape index (κ2) is 6.53. The minimum absolute atomic E-state index is 0.256. The number of carboxylic acid groups (broad SMARTS) is 1. The summed E-state index contributed by atoms with van der Waals surface area (Å²) in [6.07, 6.45) is 0. The second-order valence-electron chi connectivity index (χ2n) is 3.63. The molecule has 2 rings (SSSR count). The minimum atomic E-state index is -0.936. The smallest absolute Gasteiger partial charge is 0.335 e. The Morgan fingerprint density at radius 3 is 2.74 bits per heavy atom. The minimum Gasteiger partial charge on any atom is -0.493 e. The zero-order valence-corrected chi connectivity index (χ0v) is 11.8. The third-order valence-electron chi connectivity index (χ3n) is 2.19. The van der Waals surface area contributed by atoms with Gasteiger partial charge in [0, 0.05) is 5.75 Å². The summed E-state index contributed by atoms with van der Waals surface area (Å²) in [6, 6.07) is 6.37. The molecule has 0 spiro atoms. The Labute approximate surface area is 118 Å². The van der Waals surface area contributed by atoms with Gasteiger partial charge in [-0.25, -0.2) is 9.78 Å². The number of carbonyl (C=O) groups is 1. The molecule has 0 saturated carbocycles. The monoisotopic (exact) mass is 296 g/mol. The zero-order chi connectivity index (χ0) is 13.7. The van der Waals surface area contributed by atoms with Gasteiger partial charge in [0.15, 0.2) is 4.34 Å². The van der Waals surface area contributed by atoms with Gasteiger partial charge in [-0.3, -0.25) is 0 Å². The van der Waals surface area contributed by atoms with Crippen LogP contribution in [-0.4, -0.2) is 32.8 Å². The first kappa shape index (κ1) is 13.8. The van der Waals surface area contributed by atoms with Crippen molar-refractivity contribution in [1.29, 1.82) is 0 Å². The maximum absolute atomic E-state index is 10.7. The van der Waals surface area contributed by atoms with E-state index in [-0.39, 0.29) is 5.56 Å². The molecular formula is C12H12N2O3S2. The average Bonchev–Trinajstić information content (AvgIpc) is 2.81. The van der Waals surface area contributed by atoms with Crippen LogP contribution in [0.1, 0.15) is 16.2 Å². The van der Waals surface area contributed by atoms with E-state index >= 15 is 0 Å². The number of hydrogen-bond acceptors (Lipinski definition) is 6. The van der Waals surface area contributed by atoms with Gasteiger partial charge < -0.3 is 9.84 Å². The second-order valence-corrected chi connectivity index (χ2v) is 5.73. The quantitative estimate of drug-likeness (QED) is 0.652. The molecule has 1 heterocycles. The molecule has 100 valence electrons. The van der Waals surface area contributed by atoms with Crippen LogP contribution in [0.15, 0.2) is 28.6 Å². The number of hydrogen-bond donors (Lipinski definition) is 1. The standard InChI is InChI=1S/C12H12N2O3S2/c1-8-13-12(19-14-8)18-7-6-17-10-4-2-9(3-5-10)11(15)16/h2-5H,6-7H2,1H3,(H,15,16). The Bertz CT molecular complexity index is 554. The van der Waals surface area contributed by atoms with Gasteiger partial charge >= 0.3 is 5.97 Å². The van der Waals surface area contributed by atoms with Crippen molar-refractivity contribution in [1.82, 2.24) is 9.36 Å². The molecule has 0 fully saturated rings. The number of aryl methyl sites for hydroxylation is 1. The van der Waals surface area contributed by atoms with Crippen molar-refractivity contribution >= 4 is 29.3 Å². The fourth-order valence-corrected chi connectivity index (χ4v) is 2.85. The van der Waals surface area contributed by atoms with E-state index in [0.29, 0.717) is 12.4 Å². The SMILES string of the molecule is Cc1nsc(SCCOc2ccc(C(=O)O)cc2)n1. The molecular weight excluding hydrogens is 284 g/mol. The first-order chi connectivity index (χ1) is 9.15. The number of aromatic nitrogens is 2. The fraction of sp³-hybridized carbons (Fsp3) is 0.250. The van der Waals surface area contributed by atoms with E-state index in [1.165, 1.54) is 23.7 Å². The van der Waals surface area contributed by atoms with E-state index in [1.54, 1.807) is 23.9 Å². The molecule has 0 saturated heterocycles. The van der Waals surface area contributed by atoms with Crippen LogP contribution in [0.2, 0.25) is 0 Å². The van der Waals surface area contributed by atoms with Crippen LogP contribution >= 0.6 is 23.3 Å². The number of nitrogens with zero attached hydrogens (tertiary/aromatic N) is 2. The zero-order valence-electron chi connectivity index (χ0n) is 10.2. The van der Waals surface area contributed by atoms with Gasteiger partial charge in [-0.2, -0.15) is 4.37 Å². The van der Waals surface area contributed by atoms with Crippen molar-refractivity contribution in [2.75, 3.05) is 12.4 Å². The summed E-state index contributed by atoms with van der Waals surface area (Å²) in [5.74, 6) is 1.29. The molecule has 19 heavy (non-hydrogen) atoms. The van der Waals surface area contributed by atoms with E-state index in [9.17, 15) is 4.79 Å². The van der Waals surface area contributed by atoms with Crippen molar-refractivity contribution in [3.8, 4) is 5.75 Å². The summed E-state index contributed by atoms with van der Waals surface area (Å²) in [5.41, 5.74) is 0.256. The van der Waals surface area contributed by atoms with E-state index in [1.807, 2.05) is 6.92 Å². The van der Waals surface area contributed by atoms with Crippen LogP contribution in [-0.2, 0) is 0 Å². The lowest BCUT2D eigenvalue weighted by molar-refractivity contribution is 0.0697. The predicted molar refractivity (Wildman–Crippen MR) is 74.3 cm³/mol. The highest BCUT2D eigenvalue weighted by atomic mass is 32.2. The molecule has 0 unspecified atom stereocenters. The highest BCUT2D eigenvalue weighted by molar-refractivity contribution is 8.00. The summed E-state index contributed by atoms with van der Waals surface area (Å²) in [7, 11) is 0. The molecule has 2 aromatic rings. The number of ether oxygens (including phenoxy) is 1. The molecule has 0 atom stereocenters. The van der Waals surface area contributed by atoms with Crippen LogP contribution in [0.25, 0.3) is 0 Å². The number of rotatable bonds is 6. The van der Waals surface area contributed by atoms with Crippen LogP contribution in [0.3, 0.4) is 0 Å². The van der Waals surface area contributed by atoms with E-state index in [4.69, 9.17) is 9.84 Å². The highest BCUT2D eigenvalue weighted by Crippen LogP contribution is 2.20. The molecule has 5 nitrogen and oxygen atoms in total. The highest BCUT2D eigenvalue weighted by Gasteiger charge is 2.03. The van der Waals surface area contributed by atoms with Gasteiger partial charge in [-0.05, 0) is 42.7 Å². The summed E-state index contributed by atoms with van der Waals surface area (Å²) in [6.45, 7) is 2.40. The molecule has 0 radical (unpaired) electrons. The Balaban J connectivity index is 1.75. The first-order valence-corrected chi connectivity index (χ1v) is 7.30. The molecule has 0 aliphatic carbocycles. The van der Waals surface area contributed by atoms with Crippen LogP contribution in [0, 0.1) is 6.92 Å². The summed E-state index contributed by atoms with van der Waals surface area (Å²) in [5, 5.41) is 8.76. The van der Waals surface area contributed by atoms with Crippen molar-refractivity contribution in [3.63, 3.8) is 0 Å². The lowest BCUT2D eigenvalue weighted by Crippen LogP contribution is -2.01. The Morgan fingerprint density at radius 1 is 1.42 bits per heavy atom. The average molecular weight is 296 g/mol. The fourth-order valence-electron chi connectivity index (χ4n) is 1.32. The third-order valence-corrected chi connectivity index (χ3v) is 4.08. The van der Waals surface area contributed by atoms with Crippen molar-refractivity contribution in [2.45, 2.75) is 11.3 Å². The molecule has 1 aromatic carbocycles. The molecule has 0 amide bonds. The van der Waals surface area contributed by atoms with E-state index < -0.39 is 5.97 Å². The van der Waals surface area contributed by atoms with Gasteiger partial charge in [-0.1, -0.05) is 11.8 Å². The number of aromatic carboxylic acids is 1. The number of benzene rings is 1. The lowest BCUT2D eigenvalue weighted by atomic mass is 10.2. The van der Waals surface area contributed by atoms with Crippen LogP contribution in [0.5, 0.6) is 5.75 Å². The Hall–Kier alpha value is -1.60. The predicted octanol–water partition coefficient (Wildman–Crippen LogP) is 2.72. The van der Waals surface area contributed by atoms with Gasteiger partial charge in [0.05, 0.1) is 12.2 Å². The van der Waals surface area contributed by atoms with Crippen molar-refractivity contribution in [3.05, 3.63) is 35.7 Å². The maximum atomic E-state index is 10.7. The molecule has 0 aliphatic heterocycles. The molecule has 1 aromatic heterocycles. The first-order valence-electron chi connectivity index (χ1n) is 5.54. The summed E-state index contributed by atoms with van der Waals surface area (Å²) in [4.78, 5) is 14.9. The lowest BCUT2D eigenvalue weighted by Gasteiger charge is -2.05. The van der Waals surface area contributed by atoms with E-state index in [2.05, 4.69) is 9.36 Å². The summed E-state index contributed by atoms with van der Waals surface area (Å²) >= 11 is 2.98. The number of thioether (sulfide) groups is 1. The normalized spacial score (nSPS) is 10.4. The third kappa shape index (κ3) is 4.22. The molecule has 1 N–H and O–H groups in total. The molecule has 0 bridgehead atoms. The Morgan fingerprint density at radius 2 is 2.16 bits per heavy atom. The Kier molecular flexibility index (Phi) is 4.75. The number of carboxylic acids is 1. The van der Waals surface area contributed by atoms with E-state index in [0.717, 1.165) is 15.9 Å². The largest absolute Gasteiger partial charge is 0.493 e. The van der Waals surface area contributed by atoms with Gasteiger partial charge in [-0.15, -0.1) is 0 Å². The topological polar surface area (TPSA) is 72.3 Å². The van der Waals surface area contributed by atoms with Crippen molar-refractivity contribution < 1.29 is 14.6 Å². The molecule has 7 heteroatoms. The van der Waals surface area contributed by atoms with Crippen LogP contribution < -0.4 is 4.74 Å². The van der Waals surface area contributed by atoms with Crippen molar-refractivity contribution in [2.24, 2.45) is 0 Å². The van der Waals surface area contributed by atoms with Gasteiger partial charge in [0.25, 0.3) is 0 Å². The van der Waals surface area contributed by atoms with Gasteiger partial charge in [0.2, 0.25) is 0 Å². The molecule has 0 aliphatic rings. The van der Waals surface area contributed by atoms with Crippen LogP contribution in [0.4, 0.5) is 0 Å².